The highest BCUT2D eigenvalue weighted by molar-refractivity contribution is 7.22. The van der Waals surface area contributed by atoms with E-state index in [-0.39, 0.29) is 41.8 Å². The lowest BCUT2D eigenvalue weighted by atomic mass is 9.84. The van der Waals surface area contributed by atoms with Crippen molar-refractivity contribution in [3.8, 4) is 39.2 Å². The van der Waals surface area contributed by atoms with Crippen LogP contribution < -0.4 is 14.8 Å². The fourth-order valence-electron chi connectivity index (χ4n) is 4.64. The molecule has 0 saturated heterocycles. The average Bonchev–Trinajstić information content (AvgIpc) is 3.36. The van der Waals surface area contributed by atoms with E-state index in [1.54, 1.807) is 24.3 Å². The van der Waals surface area contributed by atoms with Crippen molar-refractivity contribution in [2.24, 2.45) is 5.41 Å². The number of amides is 1. The van der Waals surface area contributed by atoms with E-state index in [9.17, 15) is 19.8 Å². The molecule has 4 rings (SSSR count). The largest absolute Gasteiger partial charge is 0.508 e. The second-order valence-corrected chi connectivity index (χ2v) is 12.7. The molecule has 46 heavy (non-hydrogen) atoms. The van der Waals surface area contributed by atoms with Gasteiger partial charge in [-0.05, 0) is 84.6 Å². The molecule has 1 aromatic heterocycles. The van der Waals surface area contributed by atoms with Crippen LogP contribution in [0.1, 0.15) is 27.7 Å². The van der Waals surface area contributed by atoms with Gasteiger partial charge in [-0.25, -0.2) is 0 Å². The average molecular weight is 652 g/mol. The van der Waals surface area contributed by atoms with Gasteiger partial charge in [-0.15, -0.1) is 11.3 Å². The van der Waals surface area contributed by atoms with Crippen molar-refractivity contribution in [2.75, 3.05) is 46.2 Å². The normalized spacial score (nSPS) is 12.2. The fraction of sp³-hybridized carbons (Fsp3) is 0.371. The van der Waals surface area contributed by atoms with Crippen molar-refractivity contribution >= 4 is 33.1 Å². The van der Waals surface area contributed by atoms with Crippen LogP contribution in [0.25, 0.3) is 20.5 Å². The zero-order valence-electron chi connectivity index (χ0n) is 26.5. The SMILES string of the molecule is CC(=O)C(NC(=O)COCCOCCOCCOc1ccc(Oc2c(-c3ccc(O)cc3)sc3cc(O)ccc23)cc1)C(C)(C)C. The lowest BCUT2D eigenvalue weighted by Gasteiger charge is -2.29. The molecule has 0 aliphatic carbocycles. The second kappa shape index (κ2) is 16.4. The molecular formula is C35H41NO9S. The van der Waals surface area contributed by atoms with Gasteiger partial charge in [0.25, 0.3) is 0 Å². The molecule has 0 aliphatic heterocycles. The Morgan fingerprint density at radius 1 is 0.783 bits per heavy atom. The molecule has 10 nitrogen and oxygen atoms in total. The zero-order valence-corrected chi connectivity index (χ0v) is 27.4. The Morgan fingerprint density at radius 2 is 1.37 bits per heavy atom. The Morgan fingerprint density at radius 3 is 2.00 bits per heavy atom. The fourth-order valence-corrected chi connectivity index (χ4v) is 5.81. The summed E-state index contributed by atoms with van der Waals surface area (Å²) < 4.78 is 29.4. The van der Waals surface area contributed by atoms with Crippen molar-refractivity contribution in [3.63, 3.8) is 0 Å². The van der Waals surface area contributed by atoms with E-state index in [1.165, 1.54) is 18.3 Å². The van der Waals surface area contributed by atoms with Crippen LogP contribution in [0, 0.1) is 5.41 Å². The number of carbonyl (C=O) groups excluding carboxylic acids is 2. The van der Waals surface area contributed by atoms with Gasteiger partial charge in [-0.1, -0.05) is 20.8 Å². The van der Waals surface area contributed by atoms with E-state index in [0.29, 0.717) is 50.3 Å². The minimum absolute atomic E-state index is 0.0913. The maximum absolute atomic E-state index is 12.1. The molecule has 11 heteroatoms. The Bertz CT molecular complexity index is 1580. The maximum atomic E-state index is 12.1. The lowest BCUT2D eigenvalue weighted by Crippen LogP contribution is -2.49. The number of ether oxygens (including phenoxy) is 5. The molecule has 1 atom stereocenters. The number of aromatic hydroxyl groups is 2. The third-order valence-corrected chi connectivity index (χ3v) is 8.04. The van der Waals surface area contributed by atoms with Crippen LogP contribution in [0.3, 0.4) is 0 Å². The molecule has 0 spiro atoms. The summed E-state index contributed by atoms with van der Waals surface area (Å²) in [7, 11) is 0. The number of Topliss-reactive ketones (excluding diaryl/α,β-unsaturated/α-hetero) is 1. The van der Waals surface area contributed by atoms with E-state index in [0.717, 1.165) is 20.5 Å². The van der Waals surface area contributed by atoms with Crippen LogP contribution in [0.4, 0.5) is 0 Å². The van der Waals surface area contributed by atoms with Gasteiger partial charge >= 0.3 is 0 Å². The number of phenols is 2. The van der Waals surface area contributed by atoms with E-state index < -0.39 is 6.04 Å². The van der Waals surface area contributed by atoms with Gasteiger partial charge in [0.1, 0.15) is 36.2 Å². The third-order valence-electron chi connectivity index (χ3n) is 6.85. The molecular weight excluding hydrogens is 610 g/mol. The number of ketones is 1. The quantitative estimate of drug-likeness (QED) is 0.112. The van der Waals surface area contributed by atoms with E-state index in [1.807, 2.05) is 63.2 Å². The molecule has 3 aromatic carbocycles. The van der Waals surface area contributed by atoms with E-state index >= 15 is 0 Å². The molecule has 246 valence electrons. The van der Waals surface area contributed by atoms with Crippen LogP contribution in [0.15, 0.2) is 66.7 Å². The first-order valence-electron chi connectivity index (χ1n) is 15.0. The predicted octanol–water partition coefficient (Wildman–Crippen LogP) is 6.32. The number of hydrogen-bond acceptors (Lipinski definition) is 10. The summed E-state index contributed by atoms with van der Waals surface area (Å²) in [4.78, 5) is 24.7. The van der Waals surface area contributed by atoms with Gasteiger partial charge in [-0.3, -0.25) is 9.59 Å². The second-order valence-electron chi connectivity index (χ2n) is 11.7. The Balaban J connectivity index is 1.13. The van der Waals surface area contributed by atoms with Crippen molar-refractivity contribution in [1.29, 1.82) is 0 Å². The monoisotopic (exact) mass is 651 g/mol. The Labute approximate surface area is 272 Å². The van der Waals surface area contributed by atoms with Crippen molar-refractivity contribution in [1.82, 2.24) is 5.32 Å². The van der Waals surface area contributed by atoms with Crippen molar-refractivity contribution in [2.45, 2.75) is 33.7 Å². The number of rotatable bonds is 17. The first-order valence-corrected chi connectivity index (χ1v) is 15.8. The summed E-state index contributed by atoms with van der Waals surface area (Å²) in [6, 6.07) is 18.8. The molecule has 0 saturated carbocycles. The molecule has 1 unspecified atom stereocenters. The number of phenolic OH excluding ortho intramolecular Hbond substituents is 2. The van der Waals surface area contributed by atoms with Gasteiger partial charge in [0.2, 0.25) is 5.91 Å². The van der Waals surface area contributed by atoms with Gasteiger partial charge < -0.3 is 39.2 Å². The summed E-state index contributed by atoms with van der Waals surface area (Å²) in [5.74, 6) is 1.91. The highest BCUT2D eigenvalue weighted by Crippen LogP contribution is 2.47. The number of benzene rings is 3. The molecule has 0 radical (unpaired) electrons. The summed E-state index contributed by atoms with van der Waals surface area (Å²) in [5, 5.41) is 23.3. The van der Waals surface area contributed by atoms with Crippen LogP contribution in [-0.4, -0.2) is 74.2 Å². The third kappa shape index (κ3) is 10.2. The number of hydrogen-bond donors (Lipinski definition) is 3. The highest BCUT2D eigenvalue weighted by atomic mass is 32.1. The van der Waals surface area contributed by atoms with Gasteiger partial charge in [0.05, 0.1) is 44.0 Å². The molecule has 0 fully saturated rings. The number of fused-ring (bicyclic) bond motifs is 1. The summed E-state index contributed by atoms with van der Waals surface area (Å²) in [5.41, 5.74) is 0.526. The molecule has 0 aliphatic rings. The number of nitrogens with one attached hydrogen (secondary N) is 1. The molecule has 1 heterocycles. The topological polar surface area (TPSA) is 133 Å². The molecule has 0 bridgehead atoms. The number of carbonyl (C=O) groups is 2. The van der Waals surface area contributed by atoms with E-state index in [4.69, 9.17) is 23.7 Å². The van der Waals surface area contributed by atoms with Crippen LogP contribution >= 0.6 is 11.3 Å². The van der Waals surface area contributed by atoms with Crippen LogP contribution in [-0.2, 0) is 23.8 Å². The van der Waals surface area contributed by atoms with E-state index in [2.05, 4.69) is 5.32 Å². The standard InChI is InChI=1S/C35H41NO9S/c1-23(37)34(35(2,3)4)36-31(40)22-43-18-17-41-15-16-42-19-20-44-27-10-12-28(13-11-27)45-32-29-14-9-26(39)21-30(29)46-33(32)24-5-7-25(38)8-6-24/h5-14,21,34,38-39H,15-20,22H2,1-4H3,(H,36,40). The summed E-state index contributed by atoms with van der Waals surface area (Å²) in [6.07, 6.45) is 0. The minimum Gasteiger partial charge on any atom is -0.508 e. The van der Waals surface area contributed by atoms with Crippen LogP contribution in [0.5, 0.6) is 28.7 Å². The lowest BCUT2D eigenvalue weighted by molar-refractivity contribution is -0.132. The molecule has 1 amide bonds. The Hall–Kier alpha value is -4.16. The number of thiophene rings is 1. The minimum atomic E-state index is -0.559. The zero-order chi connectivity index (χ0) is 33.1. The van der Waals surface area contributed by atoms with Crippen molar-refractivity contribution in [3.05, 3.63) is 66.7 Å². The first kappa shape index (κ1) is 34.7. The summed E-state index contributed by atoms with van der Waals surface area (Å²) in [6.45, 7) is 9.09. The molecule has 4 aromatic rings. The van der Waals surface area contributed by atoms with Gasteiger partial charge in [-0.2, -0.15) is 0 Å². The predicted molar refractivity (Wildman–Crippen MR) is 177 cm³/mol. The first-order chi connectivity index (χ1) is 22.0. The van der Waals surface area contributed by atoms with Crippen molar-refractivity contribution < 1.29 is 43.5 Å². The Kier molecular flexibility index (Phi) is 12.4. The van der Waals surface area contributed by atoms with Gasteiger partial charge in [0.15, 0.2) is 11.5 Å². The maximum Gasteiger partial charge on any atom is 0.246 e. The van der Waals surface area contributed by atoms with Crippen LogP contribution in [0.2, 0.25) is 0 Å². The smallest absolute Gasteiger partial charge is 0.246 e. The summed E-state index contributed by atoms with van der Waals surface area (Å²) >= 11 is 1.50. The highest BCUT2D eigenvalue weighted by Gasteiger charge is 2.30. The van der Waals surface area contributed by atoms with Gasteiger partial charge in [0, 0.05) is 10.1 Å². The molecule has 3 N–H and O–H groups in total.